The van der Waals surface area contributed by atoms with Crippen LogP contribution in [-0.2, 0) is 14.5 Å². The van der Waals surface area contributed by atoms with Gasteiger partial charge in [0.25, 0.3) is 0 Å². The van der Waals surface area contributed by atoms with E-state index in [4.69, 9.17) is 14.8 Å². The Morgan fingerprint density at radius 2 is 2.14 bits per heavy atom. The van der Waals surface area contributed by atoms with Gasteiger partial charge in [0.2, 0.25) is 0 Å². The predicted octanol–water partition coefficient (Wildman–Crippen LogP) is 2.68. The van der Waals surface area contributed by atoms with Crippen LogP contribution >= 0.6 is 0 Å². The van der Waals surface area contributed by atoms with Crippen molar-refractivity contribution in [3.8, 4) is 6.07 Å². The molecule has 150 valence electrons. The summed E-state index contributed by atoms with van der Waals surface area (Å²) in [6.45, 7) is 0.558. The molecule has 28 heavy (non-hydrogen) atoms. The zero-order chi connectivity index (χ0) is 19.8. The molecule has 8 nitrogen and oxygen atoms in total. The Balaban J connectivity index is 1.40. The lowest BCUT2D eigenvalue weighted by molar-refractivity contribution is -0.0101. The van der Waals surface area contributed by atoms with Gasteiger partial charge < -0.3 is 14.6 Å². The second-order valence-corrected chi connectivity index (χ2v) is 10.6. The lowest BCUT2D eigenvalue weighted by Crippen LogP contribution is -2.56. The van der Waals surface area contributed by atoms with Crippen molar-refractivity contribution in [1.82, 2.24) is 15.0 Å². The van der Waals surface area contributed by atoms with Gasteiger partial charge in [-0.1, -0.05) is 0 Å². The SMILES string of the molecule is CN(c1ncnc2[nH]ccc12)C1CCC(CS(=N)(=O)C2(CC#N)COC2)CC1. The van der Waals surface area contributed by atoms with E-state index in [9.17, 15) is 4.21 Å². The normalized spacial score (nSPS) is 26.1. The van der Waals surface area contributed by atoms with Crippen LogP contribution in [0.2, 0.25) is 0 Å². The van der Waals surface area contributed by atoms with E-state index in [-0.39, 0.29) is 25.6 Å². The van der Waals surface area contributed by atoms with Gasteiger partial charge in [0.05, 0.1) is 40.8 Å². The van der Waals surface area contributed by atoms with E-state index in [2.05, 4.69) is 33.0 Å². The number of anilines is 1. The minimum Gasteiger partial charge on any atom is -0.378 e. The quantitative estimate of drug-likeness (QED) is 0.767. The summed E-state index contributed by atoms with van der Waals surface area (Å²) in [6.07, 6.45) is 7.45. The Morgan fingerprint density at radius 1 is 1.39 bits per heavy atom. The molecule has 1 aliphatic carbocycles. The number of nitriles is 1. The minimum absolute atomic E-state index is 0.147. The molecule has 0 spiro atoms. The Bertz CT molecular complexity index is 983. The molecule has 1 atom stereocenters. The molecule has 9 heteroatoms. The Labute approximate surface area is 165 Å². The Hall–Kier alpha value is -2.18. The van der Waals surface area contributed by atoms with Crippen molar-refractivity contribution < 1.29 is 8.95 Å². The van der Waals surface area contributed by atoms with Gasteiger partial charge in [0.1, 0.15) is 22.5 Å². The second kappa shape index (κ2) is 7.33. The average Bonchev–Trinajstić information content (AvgIpc) is 3.13. The summed E-state index contributed by atoms with van der Waals surface area (Å²) in [5.41, 5.74) is 0.838. The standard InChI is InChI=1S/C19H26N6O2S/c1-25(18-16-6-9-22-17(16)23-13-24-18)15-4-2-14(3-5-15)10-28(21,26)19(7-8-20)11-27-12-19/h6,9,13-15,21H,2-5,7,10-12H2,1H3,(H,22,23,24). The molecule has 2 N–H and O–H groups in total. The Morgan fingerprint density at radius 3 is 2.79 bits per heavy atom. The molecule has 0 radical (unpaired) electrons. The van der Waals surface area contributed by atoms with Gasteiger partial charge in [-0.05, 0) is 37.7 Å². The van der Waals surface area contributed by atoms with Gasteiger partial charge in [0.15, 0.2) is 0 Å². The summed E-state index contributed by atoms with van der Waals surface area (Å²) in [6, 6.07) is 4.47. The highest BCUT2D eigenvalue weighted by molar-refractivity contribution is 7.93. The fourth-order valence-corrected chi connectivity index (χ4v) is 6.60. The van der Waals surface area contributed by atoms with E-state index < -0.39 is 14.5 Å². The van der Waals surface area contributed by atoms with Crippen molar-refractivity contribution in [1.29, 1.82) is 10.0 Å². The van der Waals surface area contributed by atoms with Crippen LogP contribution in [0.25, 0.3) is 11.0 Å². The third-order valence-corrected chi connectivity index (χ3v) is 9.05. The van der Waals surface area contributed by atoms with Gasteiger partial charge in [-0.3, -0.25) is 4.78 Å². The first-order chi connectivity index (χ1) is 13.5. The highest BCUT2D eigenvalue weighted by Crippen LogP contribution is 2.37. The van der Waals surface area contributed by atoms with Crippen molar-refractivity contribution in [2.75, 3.05) is 30.9 Å². The van der Waals surface area contributed by atoms with E-state index in [0.717, 1.165) is 42.5 Å². The van der Waals surface area contributed by atoms with Crippen LogP contribution in [0, 0.1) is 22.0 Å². The van der Waals surface area contributed by atoms with Crippen LogP contribution in [0.4, 0.5) is 5.82 Å². The minimum atomic E-state index is -2.84. The summed E-state index contributed by atoms with van der Waals surface area (Å²) in [7, 11) is -0.774. The van der Waals surface area contributed by atoms with Crippen LogP contribution < -0.4 is 4.90 Å². The van der Waals surface area contributed by atoms with Gasteiger partial charge in [-0.2, -0.15) is 5.26 Å². The molecule has 2 fully saturated rings. The largest absolute Gasteiger partial charge is 0.378 e. The number of nitrogens with zero attached hydrogens (tertiary/aromatic N) is 4. The molecular formula is C19H26N6O2S. The highest BCUT2D eigenvalue weighted by atomic mass is 32.2. The number of aromatic amines is 1. The Kier molecular flexibility index (Phi) is 5.02. The maximum atomic E-state index is 13.1. The summed E-state index contributed by atoms with van der Waals surface area (Å²) < 4.78 is 26.1. The molecule has 2 aromatic heterocycles. The van der Waals surface area contributed by atoms with E-state index in [1.807, 2.05) is 12.3 Å². The fourth-order valence-electron chi connectivity index (χ4n) is 4.40. The number of fused-ring (bicyclic) bond motifs is 1. The smallest absolute Gasteiger partial charge is 0.142 e. The van der Waals surface area contributed by atoms with Gasteiger partial charge in [-0.15, -0.1) is 0 Å². The number of H-pyrrole nitrogens is 1. The van der Waals surface area contributed by atoms with Gasteiger partial charge in [-0.25, -0.2) is 14.2 Å². The topological polar surface area (TPSA) is 119 Å². The summed E-state index contributed by atoms with van der Waals surface area (Å²) in [4.78, 5) is 14.1. The van der Waals surface area contributed by atoms with E-state index in [1.54, 1.807) is 6.33 Å². The molecule has 0 bridgehead atoms. The monoisotopic (exact) mass is 402 g/mol. The number of aromatic nitrogens is 3. The van der Waals surface area contributed by atoms with Crippen LogP contribution in [0.1, 0.15) is 32.1 Å². The summed E-state index contributed by atoms with van der Waals surface area (Å²) in [5.74, 6) is 1.58. The third-order valence-electron chi connectivity index (χ3n) is 6.33. The molecule has 4 rings (SSSR count). The molecular weight excluding hydrogens is 376 g/mol. The molecule has 0 amide bonds. The third kappa shape index (κ3) is 3.25. The molecule has 0 aromatic carbocycles. The molecule has 1 saturated heterocycles. The summed E-state index contributed by atoms with van der Waals surface area (Å²) in [5, 5.41) is 10.1. The predicted molar refractivity (Wildman–Crippen MR) is 108 cm³/mol. The van der Waals surface area contributed by atoms with Gasteiger partial charge in [0, 0.05) is 25.0 Å². The van der Waals surface area contributed by atoms with Crippen molar-refractivity contribution in [3.63, 3.8) is 0 Å². The maximum absolute atomic E-state index is 13.1. The van der Waals surface area contributed by atoms with Crippen molar-refractivity contribution in [2.24, 2.45) is 5.92 Å². The van der Waals surface area contributed by atoms with E-state index in [0.29, 0.717) is 11.8 Å². The highest BCUT2D eigenvalue weighted by Gasteiger charge is 2.48. The molecule has 1 unspecified atom stereocenters. The lowest BCUT2D eigenvalue weighted by atomic mass is 9.86. The van der Waals surface area contributed by atoms with Gasteiger partial charge >= 0.3 is 0 Å². The second-order valence-electron chi connectivity index (χ2n) is 8.08. The van der Waals surface area contributed by atoms with Crippen LogP contribution in [-0.4, -0.2) is 56.0 Å². The average molecular weight is 403 g/mol. The first kappa shape index (κ1) is 19.2. The van der Waals surface area contributed by atoms with Crippen LogP contribution in [0.3, 0.4) is 0 Å². The fraction of sp³-hybridized carbons (Fsp3) is 0.632. The van der Waals surface area contributed by atoms with Crippen molar-refractivity contribution >= 4 is 26.6 Å². The first-order valence-electron chi connectivity index (χ1n) is 9.67. The number of ether oxygens (including phenoxy) is 1. The molecule has 2 aliphatic rings. The number of hydrogen-bond donors (Lipinski definition) is 2. The zero-order valence-corrected chi connectivity index (χ0v) is 16.9. The van der Waals surface area contributed by atoms with Crippen molar-refractivity contribution in [2.45, 2.75) is 42.9 Å². The number of nitrogens with one attached hydrogen (secondary N) is 2. The van der Waals surface area contributed by atoms with Crippen LogP contribution in [0.5, 0.6) is 0 Å². The van der Waals surface area contributed by atoms with Crippen molar-refractivity contribution in [3.05, 3.63) is 18.6 Å². The first-order valence-corrected chi connectivity index (χ1v) is 11.4. The zero-order valence-electron chi connectivity index (χ0n) is 16.1. The maximum Gasteiger partial charge on any atom is 0.142 e. The number of hydrogen-bond acceptors (Lipinski definition) is 7. The molecule has 2 aromatic rings. The van der Waals surface area contributed by atoms with Crippen LogP contribution in [0.15, 0.2) is 18.6 Å². The molecule has 3 heterocycles. The molecule has 1 aliphatic heterocycles. The van der Waals surface area contributed by atoms with E-state index in [1.165, 1.54) is 0 Å². The van der Waals surface area contributed by atoms with E-state index >= 15 is 0 Å². The summed E-state index contributed by atoms with van der Waals surface area (Å²) >= 11 is 0. The number of rotatable bonds is 6. The molecule has 1 saturated carbocycles. The lowest BCUT2D eigenvalue weighted by Gasteiger charge is -2.42.